The number of benzene rings is 3. The number of thioether (sulfide) groups is 1. The summed E-state index contributed by atoms with van der Waals surface area (Å²) in [6.45, 7) is 3.80. The predicted octanol–water partition coefficient (Wildman–Crippen LogP) is 4.96. The van der Waals surface area contributed by atoms with E-state index >= 15 is 0 Å². The van der Waals surface area contributed by atoms with Gasteiger partial charge in [0.25, 0.3) is 5.91 Å². The number of amides is 2. The van der Waals surface area contributed by atoms with Crippen LogP contribution < -0.4 is 5.32 Å². The first-order valence-corrected chi connectivity index (χ1v) is 12.1. The maximum Gasteiger partial charge on any atom is 0.259 e. The normalized spacial score (nSPS) is 17.4. The van der Waals surface area contributed by atoms with E-state index in [1.807, 2.05) is 92.7 Å². The Morgan fingerprint density at radius 3 is 2.62 bits per heavy atom. The summed E-state index contributed by atoms with van der Waals surface area (Å²) in [6, 6.07) is 24.7. The van der Waals surface area contributed by atoms with E-state index in [9.17, 15) is 9.59 Å². The number of hydrogen-bond donors (Lipinski definition) is 1. The van der Waals surface area contributed by atoms with Crippen LogP contribution in [0.1, 0.15) is 23.6 Å². The lowest BCUT2D eigenvalue weighted by Crippen LogP contribution is -2.42. The van der Waals surface area contributed by atoms with Gasteiger partial charge in [0.2, 0.25) is 5.91 Å². The van der Waals surface area contributed by atoms with E-state index in [4.69, 9.17) is 9.98 Å². The van der Waals surface area contributed by atoms with Crippen LogP contribution in [-0.4, -0.2) is 39.0 Å². The number of carbonyl (C=O) groups excluding carboxylic acids is 2. The number of hydrogen-bond acceptors (Lipinski definition) is 5. The minimum absolute atomic E-state index is 0.120. The predicted molar refractivity (Wildman–Crippen MR) is 138 cm³/mol. The van der Waals surface area contributed by atoms with Gasteiger partial charge in [0.1, 0.15) is 11.9 Å². The van der Waals surface area contributed by atoms with Gasteiger partial charge >= 0.3 is 0 Å². The van der Waals surface area contributed by atoms with Gasteiger partial charge in [0.05, 0.1) is 10.9 Å². The average Bonchev–Trinajstić information content (AvgIpc) is 3.16. The van der Waals surface area contributed by atoms with E-state index < -0.39 is 11.3 Å². The number of carbonyl (C=O) groups is 2. The fourth-order valence-electron chi connectivity index (χ4n) is 4.03. The van der Waals surface area contributed by atoms with Crippen LogP contribution in [0.4, 0.5) is 11.4 Å². The second-order valence-electron chi connectivity index (χ2n) is 8.36. The number of rotatable bonds is 5. The van der Waals surface area contributed by atoms with E-state index in [-0.39, 0.29) is 11.8 Å². The molecule has 34 heavy (non-hydrogen) atoms. The van der Waals surface area contributed by atoms with E-state index in [0.717, 1.165) is 28.1 Å². The molecule has 170 valence electrons. The molecule has 0 aromatic heterocycles. The molecule has 2 unspecified atom stereocenters. The Labute approximate surface area is 202 Å². The monoisotopic (exact) mass is 468 g/mol. The van der Waals surface area contributed by atoms with Gasteiger partial charge in [-0.05, 0) is 49.2 Å². The number of aliphatic imine (C=N–C) groups is 2. The number of para-hydroxylation sites is 1. The lowest BCUT2D eigenvalue weighted by atomic mass is 10.1. The summed E-state index contributed by atoms with van der Waals surface area (Å²) in [5, 5.41) is 2.97. The fraction of sp³-hybridized carbons (Fsp3) is 0.185. The smallest absolute Gasteiger partial charge is 0.259 e. The van der Waals surface area contributed by atoms with Crippen molar-refractivity contribution in [1.82, 2.24) is 4.90 Å². The molecule has 7 heteroatoms. The summed E-state index contributed by atoms with van der Waals surface area (Å²) in [4.78, 5) is 37.5. The van der Waals surface area contributed by atoms with Crippen LogP contribution in [0.25, 0.3) is 0 Å². The molecule has 2 aliphatic rings. The van der Waals surface area contributed by atoms with Crippen molar-refractivity contribution in [2.24, 2.45) is 9.98 Å². The third-order valence-corrected chi connectivity index (χ3v) is 6.81. The van der Waals surface area contributed by atoms with Gasteiger partial charge < -0.3 is 5.32 Å². The van der Waals surface area contributed by atoms with Crippen molar-refractivity contribution in [2.75, 3.05) is 5.32 Å². The lowest BCUT2D eigenvalue weighted by Gasteiger charge is -2.27. The molecule has 1 N–H and O–H groups in total. The highest BCUT2D eigenvalue weighted by molar-refractivity contribution is 8.15. The van der Waals surface area contributed by atoms with Crippen LogP contribution in [0.15, 0.2) is 88.8 Å². The van der Waals surface area contributed by atoms with E-state index in [2.05, 4.69) is 5.32 Å². The zero-order valence-electron chi connectivity index (χ0n) is 18.9. The fourth-order valence-corrected chi connectivity index (χ4v) is 4.94. The van der Waals surface area contributed by atoms with Crippen molar-refractivity contribution >= 4 is 46.0 Å². The summed E-state index contributed by atoms with van der Waals surface area (Å²) in [5.74, 6) is 0.333. The van der Waals surface area contributed by atoms with Crippen LogP contribution in [0.5, 0.6) is 0 Å². The summed E-state index contributed by atoms with van der Waals surface area (Å²) < 4.78 is 0. The average molecular weight is 469 g/mol. The highest BCUT2D eigenvalue weighted by atomic mass is 32.2. The van der Waals surface area contributed by atoms with Crippen molar-refractivity contribution < 1.29 is 9.59 Å². The maximum atomic E-state index is 13.5. The van der Waals surface area contributed by atoms with Gasteiger partial charge in [0, 0.05) is 17.7 Å². The highest BCUT2D eigenvalue weighted by Crippen LogP contribution is 2.35. The van der Waals surface area contributed by atoms with E-state index in [1.54, 1.807) is 4.90 Å². The molecule has 0 spiro atoms. The van der Waals surface area contributed by atoms with Crippen molar-refractivity contribution in [3.8, 4) is 0 Å². The largest absolute Gasteiger partial charge is 0.325 e. The summed E-state index contributed by atoms with van der Waals surface area (Å²) in [7, 11) is 0. The van der Waals surface area contributed by atoms with Crippen molar-refractivity contribution in [3.63, 3.8) is 0 Å². The maximum absolute atomic E-state index is 13.5. The molecule has 3 aromatic carbocycles. The van der Waals surface area contributed by atoms with Gasteiger partial charge in [-0.3, -0.25) is 14.6 Å². The van der Waals surface area contributed by atoms with Crippen molar-refractivity contribution in [2.45, 2.75) is 31.6 Å². The molecule has 0 bridgehead atoms. The minimum atomic E-state index is -0.522. The highest BCUT2D eigenvalue weighted by Gasteiger charge is 2.42. The Balaban J connectivity index is 1.40. The van der Waals surface area contributed by atoms with Crippen molar-refractivity contribution in [1.29, 1.82) is 0 Å². The first-order chi connectivity index (χ1) is 16.5. The minimum Gasteiger partial charge on any atom is -0.325 e. The third-order valence-electron chi connectivity index (χ3n) is 5.76. The molecule has 0 saturated carbocycles. The molecule has 2 amide bonds. The van der Waals surface area contributed by atoms with Gasteiger partial charge in [-0.15, -0.1) is 0 Å². The van der Waals surface area contributed by atoms with Crippen LogP contribution >= 0.6 is 11.8 Å². The topological polar surface area (TPSA) is 74.1 Å². The second kappa shape index (κ2) is 9.27. The van der Waals surface area contributed by atoms with Crippen LogP contribution in [-0.2, 0) is 16.0 Å². The molecule has 2 atom stereocenters. The second-order valence-corrected chi connectivity index (χ2v) is 9.67. The Bertz CT molecular complexity index is 1320. The Morgan fingerprint density at radius 1 is 1.06 bits per heavy atom. The zero-order valence-corrected chi connectivity index (χ0v) is 19.8. The molecular weight excluding hydrogens is 444 g/mol. The van der Waals surface area contributed by atoms with Gasteiger partial charge in [-0.1, -0.05) is 66.4 Å². The summed E-state index contributed by atoms with van der Waals surface area (Å²) >= 11 is 1.27. The molecular formula is C27H24N4O2S. The number of amidine groups is 2. The summed E-state index contributed by atoms with van der Waals surface area (Å²) in [5.41, 5.74) is 4.44. The first kappa shape index (κ1) is 22.1. The molecule has 0 radical (unpaired) electrons. The number of fused-ring (bicyclic) bond motifs is 3. The molecule has 5 rings (SSSR count). The van der Waals surface area contributed by atoms with Crippen LogP contribution in [0.3, 0.4) is 0 Å². The molecule has 6 nitrogen and oxygen atoms in total. The van der Waals surface area contributed by atoms with Crippen molar-refractivity contribution in [3.05, 3.63) is 95.6 Å². The molecule has 0 aliphatic carbocycles. The van der Waals surface area contributed by atoms with E-state index in [1.165, 1.54) is 11.8 Å². The van der Waals surface area contributed by atoms with Gasteiger partial charge in [-0.2, -0.15) is 0 Å². The number of aryl methyl sites for hydroxylation is 1. The standard InChI is InChI=1S/C27H24N4O2S/c1-17-9-8-12-20(15-17)28-25(32)18(2)34-27-30-22-14-7-6-13-21(22)24-29-23(26(33)31(24)27)16-19-10-4-3-5-11-19/h3-15,18,23H,16H2,1-2H3,(H,28,32). The molecule has 0 fully saturated rings. The number of nitrogens with zero attached hydrogens (tertiary/aromatic N) is 3. The van der Waals surface area contributed by atoms with Crippen LogP contribution in [0.2, 0.25) is 0 Å². The Morgan fingerprint density at radius 2 is 1.82 bits per heavy atom. The Hall–Kier alpha value is -3.71. The quantitative estimate of drug-likeness (QED) is 0.575. The summed E-state index contributed by atoms with van der Waals surface area (Å²) in [6.07, 6.45) is 0.517. The third kappa shape index (κ3) is 4.39. The van der Waals surface area contributed by atoms with Gasteiger partial charge in [-0.25, -0.2) is 9.89 Å². The zero-order chi connectivity index (χ0) is 23.7. The first-order valence-electron chi connectivity index (χ1n) is 11.2. The molecule has 2 aliphatic heterocycles. The molecule has 2 heterocycles. The number of anilines is 1. The van der Waals surface area contributed by atoms with Gasteiger partial charge in [0.15, 0.2) is 5.17 Å². The lowest BCUT2D eigenvalue weighted by molar-refractivity contribution is -0.124. The molecule has 3 aromatic rings. The van der Waals surface area contributed by atoms with Crippen LogP contribution in [0, 0.1) is 6.92 Å². The number of nitrogens with one attached hydrogen (secondary N) is 1. The van der Waals surface area contributed by atoms with E-state index in [0.29, 0.717) is 17.4 Å². The Kier molecular flexibility index (Phi) is 6.02. The molecule has 0 saturated heterocycles. The SMILES string of the molecule is Cc1cccc(NC(=O)C(C)SC2=Nc3ccccc3C3=NC(Cc4ccccc4)C(=O)N23)c1.